The predicted molar refractivity (Wildman–Crippen MR) is 81.6 cm³/mol. The molecule has 0 amide bonds. The van der Waals surface area contributed by atoms with Crippen LogP contribution in [0.2, 0.25) is 0 Å². The van der Waals surface area contributed by atoms with Gasteiger partial charge in [0, 0.05) is 0 Å². The Morgan fingerprint density at radius 2 is 1.88 bits per heavy atom. The van der Waals surface area contributed by atoms with E-state index >= 15 is 0 Å². The van der Waals surface area contributed by atoms with Crippen LogP contribution >= 0.6 is 0 Å². The lowest BCUT2D eigenvalue weighted by atomic mass is 9.99. The summed E-state index contributed by atoms with van der Waals surface area (Å²) in [5, 5.41) is 39.2. The largest absolute Gasteiger partial charge is 0.490 e. The van der Waals surface area contributed by atoms with E-state index in [0.29, 0.717) is 11.0 Å². The van der Waals surface area contributed by atoms with Crippen molar-refractivity contribution in [3.8, 4) is 5.75 Å². The van der Waals surface area contributed by atoms with Gasteiger partial charge in [0.15, 0.2) is 6.29 Å². The van der Waals surface area contributed by atoms with Crippen LogP contribution in [0.15, 0.2) is 33.5 Å². The summed E-state index contributed by atoms with van der Waals surface area (Å²) in [6.07, 6.45) is -7.35. The van der Waals surface area contributed by atoms with E-state index in [1.165, 1.54) is 6.07 Å². The van der Waals surface area contributed by atoms with Crippen molar-refractivity contribution in [1.29, 1.82) is 0 Å². The van der Waals surface area contributed by atoms with E-state index in [9.17, 15) is 25.2 Å². The van der Waals surface area contributed by atoms with Crippen LogP contribution in [-0.4, -0.2) is 57.7 Å². The third-order valence-corrected chi connectivity index (χ3v) is 4.03. The number of benzene rings is 1. The third-order valence-electron chi connectivity index (χ3n) is 4.03. The highest BCUT2D eigenvalue weighted by Gasteiger charge is 2.43. The topological polar surface area (TPSA) is 130 Å². The van der Waals surface area contributed by atoms with Gasteiger partial charge in [0.1, 0.15) is 42.4 Å². The Kier molecular flexibility index (Phi) is 4.57. The molecule has 5 atom stereocenters. The average molecular weight is 338 g/mol. The molecule has 0 spiro atoms. The maximum Gasteiger partial charge on any atom is 0.339 e. The highest BCUT2D eigenvalue weighted by Crippen LogP contribution is 2.28. The molecule has 8 heteroatoms. The maximum atomic E-state index is 11.6. The summed E-state index contributed by atoms with van der Waals surface area (Å²) in [5.74, 6) is 0.241. The van der Waals surface area contributed by atoms with E-state index in [0.717, 1.165) is 5.56 Å². The maximum absolute atomic E-state index is 11.6. The molecule has 2 aromatic rings. The van der Waals surface area contributed by atoms with Gasteiger partial charge in [0.25, 0.3) is 0 Å². The first kappa shape index (κ1) is 16.9. The SMILES string of the molecule is Cc1cccc2oc(=O)cc(OC[C@H]3O[C@@H](O)[C@H](O)[C@@H](O)[C@@H]3O)c12. The summed E-state index contributed by atoms with van der Waals surface area (Å²) in [7, 11) is 0. The zero-order valence-electron chi connectivity index (χ0n) is 12.8. The van der Waals surface area contributed by atoms with Crippen molar-refractivity contribution in [2.45, 2.75) is 37.6 Å². The summed E-state index contributed by atoms with van der Waals surface area (Å²) in [4.78, 5) is 11.6. The minimum atomic E-state index is -1.64. The zero-order valence-corrected chi connectivity index (χ0v) is 12.8. The summed E-state index contributed by atoms with van der Waals surface area (Å²) >= 11 is 0. The monoisotopic (exact) mass is 338 g/mol. The Labute approximate surface area is 136 Å². The van der Waals surface area contributed by atoms with Gasteiger partial charge in [0.05, 0.1) is 11.5 Å². The minimum Gasteiger partial charge on any atom is -0.490 e. The molecule has 24 heavy (non-hydrogen) atoms. The van der Waals surface area contributed by atoms with Crippen molar-refractivity contribution in [3.63, 3.8) is 0 Å². The molecule has 0 radical (unpaired) electrons. The van der Waals surface area contributed by atoms with Gasteiger partial charge in [-0.3, -0.25) is 0 Å². The molecular weight excluding hydrogens is 320 g/mol. The Hall–Kier alpha value is -1.97. The smallest absolute Gasteiger partial charge is 0.339 e. The number of fused-ring (bicyclic) bond motifs is 1. The van der Waals surface area contributed by atoms with Crippen LogP contribution in [0.4, 0.5) is 0 Å². The van der Waals surface area contributed by atoms with E-state index < -0.39 is 36.3 Å². The fraction of sp³-hybridized carbons (Fsp3) is 0.438. The van der Waals surface area contributed by atoms with Crippen molar-refractivity contribution in [1.82, 2.24) is 0 Å². The Morgan fingerprint density at radius 3 is 2.62 bits per heavy atom. The number of aliphatic hydroxyl groups excluding tert-OH is 4. The lowest BCUT2D eigenvalue weighted by molar-refractivity contribution is -0.285. The second-order valence-electron chi connectivity index (χ2n) is 5.73. The number of hydrogen-bond acceptors (Lipinski definition) is 8. The number of aliphatic hydroxyl groups is 4. The van der Waals surface area contributed by atoms with E-state index in [2.05, 4.69) is 0 Å². The lowest BCUT2D eigenvalue weighted by Gasteiger charge is -2.38. The molecule has 0 bridgehead atoms. The van der Waals surface area contributed by atoms with Gasteiger partial charge in [-0.1, -0.05) is 12.1 Å². The quantitative estimate of drug-likeness (QED) is 0.540. The van der Waals surface area contributed by atoms with Gasteiger partial charge in [0.2, 0.25) is 0 Å². The normalized spacial score (nSPS) is 30.5. The summed E-state index contributed by atoms with van der Waals surface area (Å²) in [5.41, 5.74) is 0.591. The first-order chi connectivity index (χ1) is 11.4. The molecule has 4 N–H and O–H groups in total. The summed E-state index contributed by atoms with van der Waals surface area (Å²) in [6, 6.07) is 6.37. The molecule has 130 valence electrons. The highest BCUT2D eigenvalue weighted by atomic mass is 16.6. The van der Waals surface area contributed by atoms with Crippen molar-refractivity contribution < 1.29 is 34.3 Å². The van der Waals surface area contributed by atoms with Crippen LogP contribution in [0.1, 0.15) is 5.56 Å². The van der Waals surface area contributed by atoms with Crippen LogP contribution in [-0.2, 0) is 4.74 Å². The second kappa shape index (κ2) is 6.50. The fourth-order valence-corrected chi connectivity index (χ4v) is 2.71. The standard InChI is InChI=1S/C16H18O8/c1-7-3-2-4-8-12(7)9(5-11(17)23-8)22-6-10-13(18)14(19)15(20)16(21)24-10/h2-5,10,13-16,18-21H,6H2,1H3/t10-,13-,14+,15-,16-/m1/s1. The van der Waals surface area contributed by atoms with Crippen molar-refractivity contribution in [3.05, 3.63) is 40.2 Å². The van der Waals surface area contributed by atoms with Crippen LogP contribution in [0.25, 0.3) is 11.0 Å². The van der Waals surface area contributed by atoms with Gasteiger partial charge < -0.3 is 34.3 Å². The molecule has 1 aliphatic rings. The van der Waals surface area contributed by atoms with Gasteiger partial charge in [-0.15, -0.1) is 0 Å². The molecule has 1 aromatic heterocycles. The molecule has 0 unspecified atom stereocenters. The first-order valence-electron chi connectivity index (χ1n) is 7.42. The van der Waals surface area contributed by atoms with Crippen molar-refractivity contribution in [2.24, 2.45) is 0 Å². The molecule has 0 saturated carbocycles. The minimum absolute atomic E-state index is 0.241. The highest BCUT2D eigenvalue weighted by molar-refractivity contribution is 5.86. The van der Waals surface area contributed by atoms with Gasteiger partial charge in [-0.05, 0) is 18.6 Å². The number of hydrogen-bond donors (Lipinski definition) is 4. The van der Waals surface area contributed by atoms with Gasteiger partial charge in [-0.25, -0.2) is 4.79 Å². The summed E-state index contributed by atoms with van der Waals surface area (Å²) in [6.45, 7) is 1.58. The van der Waals surface area contributed by atoms with Crippen LogP contribution in [0.3, 0.4) is 0 Å². The van der Waals surface area contributed by atoms with E-state index in [1.54, 1.807) is 12.1 Å². The molecular formula is C16H18O8. The van der Waals surface area contributed by atoms with Crippen molar-refractivity contribution in [2.75, 3.05) is 6.61 Å². The van der Waals surface area contributed by atoms with Gasteiger partial charge >= 0.3 is 5.63 Å². The van der Waals surface area contributed by atoms with Gasteiger partial charge in [-0.2, -0.15) is 0 Å². The summed E-state index contributed by atoms with van der Waals surface area (Å²) < 4.78 is 15.7. The Balaban J connectivity index is 1.85. The number of ether oxygens (including phenoxy) is 2. The molecule has 1 aromatic carbocycles. The molecule has 1 fully saturated rings. The first-order valence-corrected chi connectivity index (χ1v) is 7.42. The van der Waals surface area contributed by atoms with Crippen LogP contribution in [0, 0.1) is 6.92 Å². The molecule has 8 nitrogen and oxygen atoms in total. The number of aryl methyl sites for hydroxylation is 1. The van der Waals surface area contributed by atoms with E-state index in [1.807, 2.05) is 13.0 Å². The lowest BCUT2D eigenvalue weighted by Crippen LogP contribution is -2.58. The molecule has 0 aliphatic carbocycles. The van der Waals surface area contributed by atoms with E-state index in [4.69, 9.17) is 13.9 Å². The van der Waals surface area contributed by atoms with Crippen molar-refractivity contribution >= 4 is 11.0 Å². The molecule has 3 rings (SSSR count). The average Bonchev–Trinajstić information content (AvgIpc) is 2.54. The Morgan fingerprint density at radius 1 is 1.12 bits per heavy atom. The predicted octanol–water partition coefficient (Wildman–Crippen LogP) is -0.720. The fourth-order valence-electron chi connectivity index (χ4n) is 2.71. The Bertz CT molecular complexity index is 785. The third kappa shape index (κ3) is 3.02. The van der Waals surface area contributed by atoms with E-state index in [-0.39, 0.29) is 12.4 Å². The molecule has 2 heterocycles. The molecule has 1 saturated heterocycles. The number of rotatable bonds is 3. The van der Waals surface area contributed by atoms with Crippen LogP contribution in [0.5, 0.6) is 5.75 Å². The zero-order chi connectivity index (χ0) is 17.4. The second-order valence-corrected chi connectivity index (χ2v) is 5.73. The van der Waals surface area contributed by atoms with Crippen LogP contribution < -0.4 is 10.4 Å². The molecule has 1 aliphatic heterocycles.